The molecule has 1 amide bonds. The number of amides is 1. The van der Waals surface area contributed by atoms with Gasteiger partial charge in [-0.2, -0.15) is 18.3 Å². The van der Waals surface area contributed by atoms with Crippen molar-refractivity contribution in [1.29, 1.82) is 0 Å². The van der Waals surface area contributed by atoms with Crippen LogP contribution in [0.25, 0.3) is 0 Å². The third kappa shape index (κ3) is 4.79. The molecule has 4 rings (SSSR count). The smallest absolute Gasteiger partial charge is 0.382 e. The Morgan fingerprint density at radius 1 is 1.19 bits per heavy atom. The molecule has 0 bridgehead atoms. The number of carbonyl (C=O) groups excluding carboxylic acids is 1. The molecular weight excluding hydrogens is 428 g/mol. The van der Waals surface area contributed by atoms with Crippen LogP contribution in [-0.2, 0) is 22.4 Å². The molecule has 1 unspecified atom stereocenters. The molecule has 166 valence electrons. The van der Waals surface area contributed by atoms with E-state index in [4.69, 9.17) is 4.84 Å². The molecule has 0 saturated heterocycles. The lowest BCUT2D eigenvalue weighted by Gasteiger charge is -2.10. The third-order valence-corrected chi connectivity index (χ3v) is 4.96. The Morgan fingerprint density at radius 2 is 1.94 bits per heavy atom. The van der Waals surface area contributed by atoms with E-state index in [1.54, 1.807) is 31.2 Å². The van der Waals surface area contributed by atoms with Gasteiger partial charge in [-0.1, -0.05) is 29.4 Å². The van der Waals surface area contributed by atoms with Crippen LogP contribution in [0.5, 0.6) is 0 Å². The first-order valence-corrected chi connectivity index (χ1v) is 9.69. The van der Waals surface area contributed by atoms with Crippen LogP contribution in [0.4, 0.5) is 23.4 Å². The van der Waals surface area contributed by atoms with Crippen LogP contribution in [0, 0.1) is 12.7 Å². The number of carbonyl (C=O) groups is 1. The van der Waals surface area contributed by atoms with Gasteiger partial charge in [0.15, 0.2) is 5.82 Å². The number of aryl methyl sites for hydroxylation is 1. The number of nitrogens with zero attached hydrogens (tertiary/aromatic N) is 3. The van der Waals surface area contributed by atoms with E-state index in [2.05, 4.69) is 15.6 Å². The molecule has 1 atom stereocenters. The molecule has 2 aromatic carbocycles. The van der Waals surface area contributed by atoms with Gasteiger partial charge in [0.05, 0.1) is 17.8 Å². The van der Waals surface area contributed by atoms with E-state index in [9.17, 15) is 22.4 Å². The highest BCUT2D eigenvalue weighted by Crippen LogP contribution is 2.29. The van der Waals surface area contributed by atoms with E-state index in [0.717, 1.165) is 12.1 Å². The molecule has 2 heterocycles. The minimum Gasteiger partial charge on any atom is -0.382 e. The minimum atomic E-state index is -4.43. The summed E-state index contributed by atoms with van der Waals surface area (Å²) in [5.41, 5.74) is 1.54. The molecule has 1 aliphatic rings. The number of hydrogen-bond acceptors (Lipinski definition) is 4. The van der Waals surface area contributed by atoms with E-state index in [-0.39, 0.29) is 24.6 Å². The van der Waals surface area contributed by atoms with Crippen LogP contribution in [-0.4, -0.2) is 27.5 Å². The fraction of sp³-hybridized carbons (Fsp3) is 0.227. The molecule has 10 heteroatoms. The van der Waals surface area contributed by atoms with Crippen molar-refractivity contribution in [3.63, 3.8) is 0 Å². The largest absolute Gasteiger partial charge is 0.416 e. The topological polar surface area (TPSA) is 68.5 Å². The molecule has 32 heavy (non-hydrogen) atoms. The highest BCUT2D eigenvalue weighted by atomic mass is 19.4. The molecule has 0 saturated carbocycles. The lowest BCUT2D eigenvalue weighted by Crippen LogP contribution is -2.28. The van der Waals surface area contributed by atoms with Crippen molar-refractivity contribution < 1.29 is 27.2 Å². The predicted molar refractivity (Wildman–Crippen MR) is 109 cm³/mol. The Kier molecular flexibility index (Phi) is 5.68. The zero-order valence-corrected chi connectivity index (χ0v) is 16.9. The monoisotopic (exact) mass is 446 g/mol. The first kappa shape index (κ1) is 21.5. The SMILES string of the molecule is Cc1cc(NC(=O)C2CC(c3ccc(F)cc3)=NO2)nn1Cc1cccc(C(F)(F)F)c1. The zero-order chi connectivity index (χ0) is 22.9. The van der Waals surface area contributed by atoms with Crippen molar-refractivity contribution in [2.24, 2.45) is 5.16 Å². The van der Waals surface area contributed by atoms with E-state index in [1.807, 2.05) is 0 Å². The number of oxime groups is 1. The predicted octanol–water partition coefficient (Wildman–Crippen LogP) is 4.53. The summed E-state index contributed by atoms with van der Waals surface area (Å²) in [6.45, 7) is 1.85. The maximum absolute atomic E-state index is 13.1. The van der Waals surface area contributed by atoms with Gasteiger partial charge in [0.25, 0.3) is 5.91 Å². The summed E-state index contributed by atoms with van der Waals surface area (Å²) >= 11 is 0. The standard InChI is InChI=1S/C22H18F4N4O2/c1-13-9-20(28-30(13)12-14-3-2-4-16(10-14)22(24,25)26)27-21(31)19-11-18(29-32-19)15-5-7-17(23)8-6-15/h2-10,19H,11-12H2,1H3,(H,27,28,31). The van der Waals surface area contributed by atoms with E-state index >= 15 is 0 Å². The molecule has 1 aliphatic heterocycles. The summed E-state index contributed by atoms with van der Waals surface area (Å²) in [4.78, 5) is 17.7. The summed E-state index contributed by atoms with van der Waals surface area (Å²) in [7, 11) is 0. The van der Waals surface area contributed by atoms with Gasteiger partial charge in [-0.15, -0.1) is 0 Å². The van der Waals surface area contributed by atoms with Crippen LogP contribution >= 0.6 is 0 Å². The summed E-state index contributed by atoms with van der Waals surface area (Å²) < 4.78 is 53.4. The lowest BCUT2D eigenvalue weighted by molar-refractivity contribution is -0.137. The van der Waals surface area contributed by atoms with Crippen molar-refractivity contribution in [2.45, 2.75) is 32.2 Å². The Balaban J connectivity index is 1.39. The van der Waals surface area contributed by atoms with Gasteiger partial charge < -0.3 is 10.2 Å². The molecule has 0 fully saturated rings. The maximum atomic E-state index is 13.1. The number of aromatic nitrogens is 2. The average Bonchev–Trinajstić information content (AvgIpc) is 3.36. The zero-order valence-electron chi connectivity index (χ0n) is 16.9. The van der Waals surface area contributed by atoms with E-state index in [0.29, 0.717) is 22.5 Å². The van der Waals surface area contributed by atoms with Crippen LogP contribution < -0.4 is 5.32 Å². The number of halogens is 4. The van der Waals surface area contributed by atoms with Crippen LogP contribution in [0.3, 0.4) is 0 Å². The first-order chi connectivity index (χ1) is 15.2. The maximum Gasteiger partial charge on any atom is 0.416 e. The highest BCUT2D eigenvalue weighted by Gasteiger charge is 2.31. The second-order valence-corrected chi connectivity index (χ2v) is 7.36. The number of hydrogen-bond donors (Lipinski definition) is 1. The lowest BCUT2D eigenvalue weighted by atomic mass is 10.0. The first-order valence-electron chi connectivity index (χ1n) is 9.69. The van der Waals surface area contributed by atoms with Gasteiger partial charge in [-0.3, -0.25) is 9.48 Å². The number of benzene rings is 2. The second-order valence-electron chi connectivity index (χ2n) is 7.36. The number of nitrogens with one attached hydrogen (secondary N) is 1. The molecule has 0 aliphatic carbocycles. The fourth-order valence-corrected chi connectivity index (χ4v) is 3.29. The van der Waals surface area contributed by atoms with Crippen LogP contribution in [0.1, 0.15) is 28.8 Å². The molecule has 1 N–H and O–H groups in total. The van der Waals surface area contributed by atoms with Crippen LogP contribution in [0.15, 0.2) is 59.8 Å². The number of rotatable bonds is 5. The molecule has 6 nitrogen and oxygen atoms in total. The normalized spacial score (nSPS) is 15.9. The van der Waals surface area contributed by atoms with Gasteiger partial charge in [0.1, 0.15) is 5.82 Å². The summed E-state index contributed by atoms with van der Waals surface area (Å²) in [5, 5.41) is 10.8. The van der Waals surface area contributed by atoms with Crippen molar-refractivity contribution in [1.82, 2.24) is 9.78 Å². The number of anilines is 1. The third-order valence-electron chi connectivity index (χ3n) is 4.96. The van der Waals surface area contributed by atoms with Crippen LogP contribution in [0.2, 0.25) is 0 Å². The molecular formula is C22H18F4N4O2. The van der Waals surface area contributed by atoms with Gasteiger partial charge in [0.2, 0.25) is 6.10 Å². The van der Waals surface area contributed by atoms with Gasteiger partial charge in [0, 0.05) is 18.2 Å². The molecule has 1 aromatic heterocycles. The number of alkyl halides is 3. The quantitative estimate of drug-likeness (QED) is 0.586. The molecule has 3 aromatic rings. The van der Waals surface area contributed by atoms with Crippen molar-refractivity contribution >= 4 is 17.4 Å². The van der Waals surface area contributed by atoms with E-state index in [1.165, 1.54) is 22.9 Å². The summed E-state index contributed by atoms with van der Waals surface area (Å²) in [6, 6.07) is 12.3. The van der Waals surface area contributed by atoms with Gasteiger partial charge >= 0.3 is 6.18 Å². The second kappa shape index (κ2) is 8.45. The summed E-state index contributed by atoms with van der Waals surface area (Å²) in [6.07, 6.45) is -5.09. The average molecular weight is 446 g/mol. The van der Waals surface area contributed by atoms with Gasteiger partial charge in [-0.25, -0.2) is 4.39 Å². The Bertz CT molecular complexity index is 1170. The van der Waals surface area contributed by atoms with Crippen molar-refractivity contribution in [2.75, 3.05) is 5.32 Å². The summed E-state index contributed by atoms with van der Waals surface area (Å²) in [5.74, 6) is -0.591. The van der Waals surface area contributed by atoms with Gasteiger partial charge in [-0.05, 0) is 42.3 Å². The molecule has 0 radical (unpaired) electrons. The van der Waals surface area contributed by atoms with Crippen molar-refractivity contribution in [3.8, 4) is 0 Å². The van der Waals surface area contributed by atoms with E-state index < -0.39 is 23.8 Å². The Labute approximate surface area is 180 Å². The fourth-order valence-electron chi connectivity index (χ4n) is 3.29. The Morgan fingerprint density at radius 3 is 2.66 bits per heavy atom. The highest BCUT2D eigenvalue weighted by molar-refractivity contribution is 6.05. The minimum absolute atomic E-state index is 0.114. The Hall–Kier alpha value is -3.69. The molecule has 0 spiro atoms. The van der Waals surface area contributed by atoms with Crippen molar-refractivity contribution in [3.05, 3.63) is 82.8 Å².